The molecule has 0 aliphatic carbocycles. The molecule has 1 aromatic heterocycles. The molecule has 1 atom stereocenters. The largest absolute Gasteiger partial charge is 0.469 e. The van der Waals surface area contributed by atoms with Crippen LogP contribution in [-0.2, 0) is 9.53 Å². The third-order valence-electron chi connectivity index (χ3n) is 1.84. The number of ether oxygens (including phenoxy) is 1. The predicted molar refractivity (Wildman–Crippen MR) is 62.6 cm³/mol. The number of esters is 1. The summed E-state index contributed by atoms with van der Waals surface area (Å²) in [4.78, 5) is 22.4. The highest BCUT2D eigenvalue weighted by atomic mass is 32.1. The predicted octanol–water partition coefficient (Wildman–Crippen LogP) is 1.82. The molecule has 6 heteroatoms. The smallest absolute Gasteiger partial charge is 0.320 e. The lowest BCUT2D eigenvalue weighted by atomic mass is 10.2. The molecule has 1 rings (SSSR count). The van der Waals surface area contributed by atoms with E-state index < -0.39 is 0 Å². The fraction of sp³-hybridized carbons (Fsp3) is 0.400. The van der Waals surface area contributed by atoms with Gasteiger partial charge in [0.1, 0.15) is 0 Å². The summed E-state index contributed by atoms with van der Waals surface area (Å²) >= 11 is 1.43. The van der Waals surface area contributed by atoms with Crippen molar-refractivity contribution in [3.63, 3.8) is 0 Å². The van der Waals surface area contributed by atoms with Gasteiger partial charge in [-0.05, 0) is 24.4 Å². The number of methoxy groups -OCH3 is 1. The lowest BCUT2D eigenvalue weighted by Gasteiger charge is -2.12. The quantitative estimate of drug-likeness (QED) is 0.791. The van der Waals surface area contributed by atoms with E-state index in [4.69, 9.17) is 0 Å². The molecule has 0 bridgehead atoms. The molecule has 0 spiro atoms. The van der Waals surface area contributed by atoms with Gasteiger partial charge in [-0.1, -0.05) is 0 Å². The zero-order valence-electron chi connectivity index (χ0n) is 9.15. The third kappa shape index (κ3) is 4.31. The molecule has 5 nitrogen and oxygen atoms in total. The van der Waals surface area contributed by atoms with Crippen LogP contribution in [0.3, 0.4) is 0 Å². The Labute approximate surface area is 97.8 Å². The van der Waals surface area contributed by atoms with E-state index in [1.54, 1.807) is 13.0 Å². The fourth-order valence-corrected chi connectivity index (χ4v) is 1.72. The number of hydrogen-bond donors (Lipinski definition) is 2. The molecule has 0 aliphatic rings. The van der Waals surface area contributed by atoms with Crippen molar-refractivity contribution in [2.24, 2.45) is 0 Å². The topological polar surface area (TPSA) is 67.4 Å². The number of nitrogens with one attached hydrogen (secondary N) is 2. The first kappa shape index (κ1) is 12.5. The normalized spacial score (nSPS) is 11.6. The van der Waals surface area contributed by atoms with Gasteiger partial charge < -0.3 is 10.1 Å². The second-order valence-electron chi connectivity index (χ2n) is 3.26. The number of anilines is 1. The molecule has 0 aliphatic heterocycles. The SMILES string of the molecule is COC(=O)CC(C)NC(=O)Nc1cccs1. The molecular weight excluding hydrogens is 228 g/mol. The minimum Gasteiger partial charge on any atom is -0.469 e. The number of carbonyl (C=O) groups is 2. The molecule has 2 N–H and O–H groups in total. The van der Waals surface area contributed by atoms with Crippen LogP contribution in [0.5, 0.6) is 0 Å². The van der Waals surface area contributed by atoms with Gasteiger partial charge in [-0.3, -0.25) is 10.1 Å². The van der Waals surface area contributed by atoms with E-state index >= 15 is 0 Å². The molecule has 1 unspecified atom stereocenters. The van der Waals surface area contributed by atoms with Crippen LogP contribution in [-0.4, -0.2) is 25.2 Å². The van der Waals surface area contributed by atoms with Crippen LogP contribution in [0, 0.1) is 0 Å². The van der Waals surface area contributed by atoms with Gasteiger partial charge >= 0.3 is 12.0 Å². The second-order valence-corrected chi connectivity index (χ2v) is 4.20. The van der Waals surface area contributed by atoms with E-state index in [0.717, 1.165) is 5.00 Å². The van der Waals surface area contributed by atoms with E-state index in [1.807, 2.05) is 11.4 Å². The van der Waals surface area contributed by atoms with Gasteiger partial charge in [-0.2, -0.15) is 0 Å². The number of rotatable bonds is 4. The molecule has 1 aromatic rings. The van der Waals surface area contributed by atoms with Crippen LogP contribution in [0.4, 0.5) is 9.80 Å². The van der Waals surface area contributed by atoms with Gasteiger partial charge in [-0.15, -0.1) is 11.3 Å². The summed E-state index contributed by atoms with van der Waals surface area (Å²) in [5.41, 5.74) is 0. The summed E-state index contributed by atoms with van der Waals surface area (Å²) in [5.74, 6) is -0.344. The van der Waals surface area contributed by atoms with Crippen molar-refractivity contribution in [1.82, 2.24) is 5.32 Å². The van der Waals surface area contributed by atoms with Crippen molar-refractivity contribution < 1.29 is 14.3 Å². The minimum absolute atomic E-state index is 0.161. The number of thiophene rings is 1. The van der Waals surface area contributed by atoms with E-state index in [0.29, 0.717) is 0 Å². The number of carbonyl (C=O) groups excluding carboxylic acids is 2. The van der Waals surface area contributed by atoms with Crippen molar-refractivity contribution in [2.45, 2.75) is 19.4 Å². The molecule has 0 fully saturated rings. The summed E-state index contributed by atoms with van der Waals surface area (Å²) in [6.07, 6.45) is 0.161. The molecule has 0 radical (unpaired) electrons. The van der Waals surface area contributed by atoms with Crippen LogP contribution in [0.15, 0.2) is 17.5 Å². The van der Waals surface area contributed by atoms with E-state index in [9.17, 15) is 9.59 Å². The Hall–Kier alpha value is -1.56. The van der Waals surface area contributed by atoms with Gasteiger partial charge in [0, 0.05) is 6.04 Å². The van der Waals surface area contributed by atoms with Crippen molar-refractivity contribution in [1.29, 1.82) is 0 Å². The molecule has 88 valence electrons. The first-order chi connectivity index (χ1) is 7.61. The maximum atomic E-state index is 11.4. The summed E-state index contributed by atoms with van der Waals surface area (Å²) in [6.45, 7) is 1.74. The van der Waals surface area contributed by atoms with Gasteiger partial charge in [0.25, 0.3) is 0 Å². The Balaban J connectivity index is 2.31. The van der Waals surface area contributed by atoms with Gasteiger partial charge in [-0.25, -0.2) is 4.79 Å². The Kier molecular flexibility index (Phi) is 4.78. The molecule has 0 saturated carbocycles. The summed E-state index contributed by atoms with van der Waals surface area (Å²) < 4.78 is 4.50. The standard InChI is InChI=1S/C10H14N2O3S/c1-7(6-9(13)15-2)11-10(14)12-8-4-3-5-16-8/h3-5,7H,6H2,1-2H3,(H2,11,12,14). The van der Waals surface area contributed by atoms with E-state index in [1.165, 1.54) is 18.4 Å². The Morgan fingerprint density at radius 3 is 2.88 bits per heavy atom. The Morgan fingerprint density at radius 2 is 2.31 bits per heavy atom. The summed E-state index contributed by atoms with van der Waals surface area (Å²) in [6, 6.07) is 3.07. The van der Waals surface area contributed by atoms with E-state index in [-0.39, 0.29) is 24.5 Å². The third-order valence-corrected chi connectivity index (χ3v) is 2.62. The van der Waals surface area contributed by atoms with Gasteiger partial charge in [0.2, 0.25) is 0 Å². The maximum Gasteiger partial charge on any atom is 0.320 e. The fourth-order valence-electron chi connectivity index (χ4n) is 1.11. The van der Waals surface area contributed by atoms with Gasteiger partial charge in [0.05, 0.1) is 18.5 Å². The van der Waals surface area contributed by atoms with Gasteiger partial charge in [0.15, 0.2) is 0 Å². The molecule has 0 saturated heterocycles. The van der Waals surface area contributed by atoms with Crippen LogP contribution in [0.25, 0.3) is 0 Å². The lowest BCUT2D eigenvalue weighted by molar-refractivity contribution is -0.141. The Bertz CT molecular complexity index is 351. The van der Waals surface area contributed by atoms with Crippen LogP contribution < -0.4 is 10.6 Å². The average molecular weight is 242 g/mol. The number of hydrogen-bond acceptors (Lipinski definition) is 4. The minimum atomic E-state index is -0.344. The second kappa shape index (κ2) is 6.12. The number of amides is 2. The number of urea groups is 1. The average Bonchev–Trinajstić information content (AvgIpc) is 2.69. The first-order valence-electron chi connectivity index (χ1n) is 4.79. The highest BCUT2D eigenvalue weighted by Crippen LogP contribution is 2.14. The first-order valence-corrected chi connectivity index (χ1v) is 5.67. The van der Waals surface area contributed by atoms with Crippen LogP contribution >= 0.6 is 11.3 Å². The molecular formula is C10H14N2O3S. The van der Waals surface area contributed by atoms with E-state index in [2.05, 4.69) is 15.4 Å². The van der Waals surface area contributed by atoms with Crippen LogP contribution in [0.2, 0.25) is 0 Å². The molecule has 1 heterocycles. The summed E-state index contributed by atoms with van der Waals surface area (Å²) in [5, 5.41) is 7.93. The Morgan fingerprint density at radius 1 is 1.56 bits per heavy atom. The van der Waals surface area contributed by atoms with Crippen LogP contribution in [0.1, 0.15) is 13.3 Å². The van der Waals surface area contributed by atoms with Crippen molar-refractivity contribution in [2.75, 3.05) is 12.4 Å². The zero-order valence-corrected chi connectivity index (χ0v) is 9.97. The maximum absolute atomic E-state index is 11.4. The van der Waals surface area contributed by atoms with Crippen molar-refractivity contribution in [3.05, 3.63) is 17.5 Å². The molecule has 2 amide bonds. The molecule has 16 heavy (non-hydrogen) atoms. The highest BCUT2D eigenvalue weighted by molar-refractivity contribution is 7.14. The lowest BCUT2D eigenvalue weighted by Crippen LogP contribution is -2.37. The molecule has 0 aromatic carbocycles. The van der Waals surface area contributed by atoms with Crippen molar-refractivity contribution >= 4 is 28.3 Å². The monoisotopic (exact) mass is 242 g/mol. The zero-order chi connectivity index (χ0) is 12.0. The van der Waals surface area contributed by atoms with Crippen molar-refractivity contribution in [3.8, 4) is 0 Å². The summed E-state index contributed by atoms with van der Waals surface area (Å²) in [7, 11) is 1.32. The highest BCUT2D eigenvalue weighted by Gasteiger charge is 2.11.